The molecule has 1 saturated heterocycles. The predicted molar refractivity (Wildman–Crippen MR) is 110 cm³/mol. The molecule has 26 heavy (non-hydrogen) atoms. The SMILES string of the molecule is CCCN1C(=O)S/C(=C\c2cc3c(cc2C)N(C)C(C)(C)CC3C)C1=O. The average Bonchev–Trinajstić information content (AvgIpc) is 2.82. The van der Waals surface area contributed by atoms with Crippen molar-refractivity contribution in [3.05, 3.63) is 33.7 Å². The van der Waals surface area contributed by atoms with Crippen molar-refractivity contribution in [2.75, 3.05) is 18.5 Å². The minimum Gasteiger partial charge on any atom is -0.369 e. The molecule has 4 nitrogen and oxygen atoms in total. The second-order valence-corrected chi connectivity index (χ2v) is 9.07. The molecule has 2 heterocycles. The van der Waals surface area contributed by atoms with E-state index in [9.17, 15) is 9.59 Å². The van der Waals surface area contributed by atoms with Crippen LogP contribution in [0.2, 0.25) is 0 Å². The highest BCUT2D eigenvalue weighted by Gasteiger charge is 2.36. The molecular formula is C21H28N2O2S. The number of rotatable bonds is 3. The largest absolute Gasteiger partial charge is 0.369 e. The molecule has 140 valence electrons. The van der Waals surface area contributed by atoms with Gasteiger partial charge in [-0.1, -0.05) is 13.8 Å². The minimum absolute atomic E-state index is 0.128. The first kappa shape index (κ1) is 19.0. The number of nitrogens with zero attached hydrogens (tertiary/aromatic N) is 2. The fourth-order valence-corrected chi connectivity index (χ4v) is 4.80. The summed E-state index contributed by atoms with van der Waals surface area (Å²) in [6, 6.07) is 4.42. The summed E-state index contributed by atoms with van der Waals surface area (Å²) in [6.45, 7) is 11.4. The lowest BCUT2D eigenvalue weighted by Crippen LogP contribution is -2.45. The van der Waals surface area contributed by atoms with Crippen LogP contribution in [-0.2, 0) is 4.79 Å². The topological polar surface area (TPSA) is 40.6 Å². The van der Waals surface area contributed by atoms with Crippen molar-refractivity contribution in [2.24, 2.45) is 0 Å². The van der Waals surface area contributed by atoms with Crippen molar-refractivity contribution in [2.45, 2.75) is 58.9 Å². The summed E-state index contributed by atoms with van der Waals surface area (Å²) in [7, 11) is 2.15. The fourth-order valence-electron chi connectivity index (χ4n) is 3.95. The zero-order valence-corrected chi connectivity index (χ0v) is 17.4. The van der Waals surface area contributed by atoms with Gasteiger partial charge >= 0.3 is 0 Å². The molecule has 2 aliphatic heterocycles. The fraction of sp³-hybridized carbons (Fsp3) is 0.524. The molecule has 0 radical (unpaired) electrons. The second-order valence-electron chi connectivity index (χ2n) is 8.08. The van der Waals surface area contributed by atoms with Crippen LogP contribution in [-0.4, -0.2) is 35.2 Å². The molecule has 0 saturated carbocycles. The van der Waals surface area contributed by atoms with E-state index in [4.69, 9.17) is 0 Å². The molecule has 3 rings (SSSR count). The molecule has 5 heteroatoms. The number of hydrogen-bond donors (Lipinski definition) is 0. The number of thioether (sulfide) groups is 1. The van der Waals surface area contributed by atoms with Crippen molar-refractivity contribution >= 4 is 34.7 Å². The van der Waals surface area contributed by atoms with Gasteiger partial charge in [0.25, 0.3) is 11.1 Å². The van der Waals surface area contributed by atoms with Crippen molar-refractivity contribution in [3.63, 3.8) is 0 Å². The lowest BCUT2D eigenvalue weighted by atomic mass is 9.79. The highest BCUT2D eigenvalue weighted by atomic mass is 32.2. The lowest BCUT2D eigenvalue weighted by Gasteiger charge is -2.45. The summed E-state index contributed by atoms with van der Waals surface area (Å²) >= 11 is 1.05. The van der Waals surface area contributed by atoms with Crippen molar-refractivity contribution < 1.29 is 9.59 Å². The molecule has 0 aliphatic carbocycles. The lowest BCUT2D eigenvalue weighted by molar-refractivity contribution is -0.122. The zero-order valence-electron chi connectivity index (χ0n) is 16.5. The quantitative estimate of drug-likeness (QED) is 0.687. The van der Waals surface area contributed by atoms with Crippen LogP contribution in [0.4, 0.5) is 10.5 Å². The Morgan fingerprint density at radius 3 is 2.65 bits per heavy atom. The highest BCUT2D eigenvalue weighted by Crippen LogP contribution is 2.44. The Balaban J connectivity index is 2.00. The standard InChI is InChI=1S/C21H28N2O2S/c1-7-8-23-19(24)18(26-20(23)25)11-15-10-16-14(3)12-21(4,5)22(6)17(16)9-13(15)2/h9-11,14H,7-8,12H2,1-6H3/b18-11-. The maximum absolute atomic E-state index is 12.5. The van der Waals surface area contributed by atoms with Crippen molar-refractivity contribution in [1.29, 1.82) is 0 Å². The van der Waals surface area contributed by atoms with Gasteiger partial charge in [-0.25, -0.2) is 0 Å². The van der Waals surface area contributed by atoms with Crippen LogP contribution in [0.5, 0.6) is 0 Å². The van der Waals surface area contributed by atoms with Gasteiger partial charge in [0.05, 0.1) is 4.91 Å². The van der Waals surface area contributed by atoms with E-state index >= 15 is 0 Å². The summed E-state index contributed by atoms with van der Waals surface area (Å²) in [5.41, 5.74) is 4.87. The first-order valence-electron chi connectivity index (χ1n) is 9.29. The summed E-state index contributed by atoms with van der Waals surface area (Å²) in [5, 5.41) is -0.159. The smallest absolute Gasteiger partial charge is 0.293 e. The van der Waals surface area contributed by atoms with Gasteiger partial charge in [-0.3, -0.25) is 14.5 Å². The molecule has 0 N–H and O–H groups in total. The molecule has 2 amide bonds. The highest BCUT2D eigenvalue weighted by molar-refractivity contribution is 8.18. The molecule has 1 atom stereocenters. The van der Waals surface area contributed by atoms with Gasteiger partial charge in [-0.05, 0) is 86.2 Å². The molecule has 1 aromatic rings. The molecule has 2 aliphatic rings. The monoisotopic (exact) mass is 372 g/mol. The van der Waals surface area contributed by atoms with Gasteiger partial charge in [-0.15, -0.1) is 0 Å². The third-order valence-electron chi connectivity index (χ3n) is 5.63. The molecule has 1 aromatic carbocycles. The number of fused-ring (bicyclic) bond motifs is 1. The molecule has 1 unspecified atom stereocenters. The number of imide groups is 1. The Morgan fingerprint density at radius 1 is 1.31 bits per heavy atom. The Bertz CT molecular complexity index is 797. The second kappa shape index (κ2) is 6.76. The maximum Gasteiger partial charge on any atom is 0.293 e. The number of aryl methyl sites for hydroxylation is 1. The van der Waals surface area contributed by atoms with E-state index in [1.807, 2.05) is 13.0 Å². The first-order chi connectivity index (χ1) is 12.2. The van der Waals surface area contributed by atoms with Crippen LogP contribution in [0.25, 0.3) is 6.08 Å². The molecular weight excluding hydrogens is 344 g/mol. The Morgan fingerprint density at radius 2 is 2.00 bits per heavy atom. The van der Waals surface area contributed by atoms with Crippen LogP contribution in [0, 0.1) is 6.92 Å². The van der Waals surface area contributed by atoms with E-state index in [2.05, 4.69) is 51.8 Å². The van der Waals surface area contributed by atoms with Crippen LogP contribution >= 0.6 is 11.8 Å². The molecule has 0 spiro atoms. The summed E-state index contributed by atoms with van der Waals surface area (Å²) in [4.78, 5) is 28.8. The molecule has 0 bridgehead atoms. The number of hydrogen-bond acceptors (Lipinski definition) is 4. The summed E-state index contributed by atoms with van der Waals surface area (Å²) in [5.74, 6) is 0.296. The first-order valence-corrected chi connectivity index (χ1v) is 10.1. The summed E-state index contributed by atoms with van der Waals surface area (Å²) < 4.78 is 0. The van der Waals surface area contributed by atoms with E-state index in [0.717, 1.165) is 35.7 Å². The third-order valence-corrected chi connectivity index (χ3v) is 6.54. The number of benzene rings is 1. The minimum atomic E-state index is -0.162. The number of anilines is 1. The van der Waals surface area contributed by atoms with Crippen molar-refractivity contribution in [1.82, 2.24) is 4.90 Å². The van der Waals surface area contributed by atoms with E-state index in [0.29, 0.717) is 17.4 Å². The Kier molecular flexibility index (Phi) is 4.95. The number of carbonyl (C=O) groups excluding carboxylic acids is 2. The van der Waals surface area contributed by atoms with Crippen LogP contribution in [0.15, 0.2) is 17.0 Å². The van der Waals surface area contributed by atoms with Gasteiger partial charge < -0.3 is 4.90 Å². The molecule has 0 aromatic heterocycles. The normalized spacial score (nSPS) is 23.8. The number of amides is 2. The van der Waals surface area contributed by atoms with Crippen LogP contribution < -0.4 is 4.90 Å². The Labute approximate surface area is 160 Å². The van der Waals surface area contributed by atoms with Gasteiger partial charge in [0.1, 0.15) is 0 Å². The summed E-state index contributed by atoms with van der Waals surface area (Å²) in [6.07, 6.45) is 3.76. The van der Waals surface area contributed by atoms with E-state index < -0.39 is 0 Å². The van der Waals surface area contributed by atoms with E-state index in [1.54, 1.807) is 0 Å². The zero-order chi connectivity index (χ0) is 19.2. The average molecular weight is 373 g/mol. The Hall–Kier alpha value is -1.75. The third kappa shape index (κ3) is 3.18. The molecule has 1 fully saturated rings. The van der Waals surface area contributed by atoms with E-state index in [-0.39, 0.29) is 16.7 Å². The predicted octanol–water partition coefficient (Wildman–Crippen LogP) is 5.16. The van der Waals surface area contributed by atoms with Crippen LogP contribution in [0.1, 0.15) is 63.1 Å². The van der Waals surface area contributed by atoms with E-state index in [1.165, 1.54) is 16.2 Å². The van der Waals surface area contributed by atoms with Gasteiger partial charge in [0.2, 0.25) is 0 Å². The maximum atomic E-state index is 12.5. The van der Waals surface area contributed by atoms with Gasteiger partial charge in [0, 0.05) is 24.8 Å². The van der Waals surface area contributed by atoms with Crippen LogP contribution in [0.3, 0.4) is 0 Å². The number of carbonyl (C=O) groups is 2. The van der Waals surface area contributed by atoms with Gasteiger partial charge in [0.15, 0.2) is 0 Å². The van der Waals surface area contributed by atoms with Crippen molar-refractivity contribution in [3.8, 4) is 0 Å². The van der Waals surface area contributed by atoms with Gasteiger partial charge in [-0.2, -0.15) is 0 Å².